The highest BCUT2D eigenvalue weighted by Gasteiger charge is 2.13. The third-order valence-corrected chi connectivity index (χ3v) is 4.90. The third-order valence-electron chi connectivity index (χ3n) is 4.90. The lowest BCUT2D eigenvalue weighted by molar-refractivity contribution is 0.0954. The molecule has 1 amide bonds. The molecule has 0 unspecified atom stereocenters. The van der Waals surface area contributed by atoms with Crippen molar-refractivity contribution < 1.29 is 9.53 Å². The van der Waals surface area contributed by atoms with Gasteiger partial charge in [0.15, 0.2) is 0 Å². The monoisotopic (exact) mass is 438 g/mol. The van der Waals surface area contributed by atoms with Crippen LogP contribution in [0.2, 0.25) is 0 Å². The van der Waals surface area contributed by atoms with Crippen LogP contribution in [0.5, 0.6) is 5.75 Å². The predicted octanol–water partition coefficient (Wildman–Crippen LogP) is 2.43. The van der Waals surface area contributed by atoms with Gasteiger partial charge in [0.1, 0.15) is 5.75 Å². The van der Waals surface area contributed by atoms with Gasteiger partial charge in [-0.2, -0.15) is 0 Å². The smallest absolute Gasteiger partial charge is 0.251 e. The zero-order valence-corrected chi connectivity index (χ0v) is 18.6. The first-order chi connectivity index (χ1) is 14.8. The third kappa shape index (κ3) is 5.44. The van der Waals surface area contributed by atoms with Crippen molar-refractivity contribution in [2.75, 3.05) is 13.2 Å². The molecule has 0 saturated carbocycles. The SMILES string of the molecule is CCOc1cc(-c2ccc(=O)n(C)c2)nc2cc(C(=O)NCC/C(N)=C(\C)N)ccc12.N. The highest BCUT2D eigenvalue weighted by Crippen LogP contribution is 2.30. The number of hydrogen-bond donors (Lipinski definition) is 4. The van der Waals surface area contributed by atoms with Gasteiger partial charge < -0.3 is 32.2 Å². The van der Waals surface area contributed by atoms with Crippen LogP contribution in [0.25, 0.3) is 22.2 Å². The zero-order chi connectivity index (χ0) is 22.5. The average molecular weight is 439 g/mol. The fraction of sp³-hybridized carbons (Fsp3) is 0.261. The Labute approximate surface area is 186 Å². The van der Waals surface area contributed by atoms with Crippen LogP contribution in [0.4, 0.5) is 0 Å². The van der Waals surface area contributed by atoms with Crippen molar-refractivity contribution in [3.8, 4) is 17.0 Å². The minimum absolute atomic E-state index is 0. The summed E-state index contributed by atoms with van der Waals surface area (Å²) in [6.07, 6.45) is 2.20. The summed E-state index contributed by atoms with van der Waals surface area (Å²) in [5.41, 5.74) is 15.0. The van der Waals surface area contributed by atoms with Gasteiger partial charge in [0.2, 0.25) is 5.56 Å². The minimum Gasteiger partial charge on any atom is -0.493 e. The Morgan fingerprint density at radius 1 is 1.19 bits per heavy atom. The van der Waals surface area contributed by atoms with Crippen molar-refractivity contribution in [2.24, 2.45) is 18.5 Å². The van der Waals surface area contributed by atoms with E-state index in [1.165, 1.54) is 10.6 Å². The summed E-state index contributed by atoms with van der Waals surface area (Å²) in [5.74, 6) is 0.441. The molecule has 0 atom stereocenters. The molecular formula is C23H30N6O3. The number of fused-ring (bicyclic) bond motifs is 1. The van der Waals surface area contributed by atoms with Crippen molar-refractivity contribution in [2.45, 2.75) is 20.3 Å². The molecule has 0 spiro atoms. The Morgan fingerprint density at radius 3 is 2.59 bits per heavy atom. The van der Waals surface area contributed by atoms with Crippen molar-refractivity contribution in [3.63, 3.8) is 0 Å². The number of aryl methyl sites for hydroxylation is 1. The van der Waals surface area contributed by atoms with Gasteiger partial charge in [-0.25, -0.2) is 4.98 Å². The number of benzene rings is 1. The van der Waals surface area contributed by atoms with Crippen molar-refractivity contribution in [1.29, 1.82) is 0 Å². The molecule has 0 saturated heterocycles. The average Bonchev–Trinajstić information content (AvgIpc) is 2.75. The summed E-state index contributed by atoms with van der Waals surface area (Å²) in [7, 11) is 1.69. The molecule has 2 aromatic heterocycles. The topological polar surface area (TPSA) is 160 Å². The summed E-state index contributed by atoms with van der Waals surface area (Å²) in [5, 5.41) is 3.65. The van der Waals surface area contributed by atoms with E-state index in [-0.39, 0.29) is 17.6 Å². The molecule has 8 N–H and O–H groups in total. The van der Waals surface area contributed by atoms with Gasteiger partial charge in [0.05, 0.1) is 17.8 Å². The lowest BCUT2D eigenvalue weighted by Gasteiger charge is -2.12. The Hall–Kier alpha value is -3.85. The first-order valence-electron chi connectivity index (χ1n) is 10.0. The summed E-state index contributed by atoms with van der Waals surface area (Å²) < 4.78 is 7.30. The van der Waals surface area contributed by atoms with E-state index >= 15 is 0 Å². The highest BCUT2D eigenvalue weighted by atomic mass is 16.5. The van der Waals surface area contributed by atoms with E-state index in [2.05, 4.69) is 5.32 Å². The molecule has 9 heteroatoms. The summed E-state index contributed by atoms with van der Waals surface area (Å²) in [4.78, 5) is 29.0. The predicted molar refractivity (Wildman–Crippen MR) is 127 cm³/mol. The van der Waals surface area contributed by atoms with Gasteiger partial charge >= 0.3 is 0 Å². The van der Waals surface area contributed by atoms with Gasteiger partial charge in [-0.3, -0.25) is 9.59 Å². The van der Waals surface area contributed by atoms with E-state index in [4.69, 9.17) is 21.2 Å². The van der Waals surface area contributed by atoms with E-state index in [0.29, 0.717) is 53.5 Å². The fourth-order valence-corrected chi connectivity index (χ4v) is 3.12. The summed E-state index contributed by atoms with van der Waals surface area (Å²) in [6.45, 7) is 4.50. The maximum absolute atomic E-state index is 12.6. The van der Waals surface area contributed by atoms with Crippen molar-refractivity contribution >= 4 is 16.8 Å². The van der Waals surface area contributed by atoms with E-state index in [1.54, 1.807) is 38.4 Å². The molecule has 0 aliphatic heterocycles. The van der Waals surface area contributed by atoms with E-state index in [0.717, 1.165) is 10.9 Å². The highest BCUT2D eigenvalue weighted by molar-refractivity contribution is 5.99. The second kappa shape index (κ2) is 10.5. The van der Waals surface area contributed by atoms with Crippen molar-refractivity contribution in [1.82, 2.24) is 21.0 Å². The van der Waals surface area contributed by atoms with Crippen LogP contribution in [0.15, 0.2) is 58.8 Å². The number of carbonyl (C=O) groups excluding carboxylic acids is 1. The van der Waals surface area contributed by atoms with Gasteiger partial charge in [-0.1, -0.05) is 0 Å². The fourth-order valence-electron chi connectivity index (χ4n) is 3.12. The standard InChI is InChI=1S/C23H27N5O3.H3N/c1-4-31-21-12-19(16-6-8-22(29)28(3)13-16)27-20-11-15(5-7-17(20)21)23(30)26-10-9-18(25)14(2)24;/h5-8,11-13H,4,9-10,24-25H2,1-3H3,(H,26,30);1H3/b18-14-;. The van der Waals surface area contributed by atoms with Crippen LogP contribution in [-0.4, -0.2) is 28.6 Å². The Bertz CT molecular complexity index is 1210. The Kier molecular flexibility index (Phi) is 7.97. The van der Waals surface area contributed by atoms with Gasteiger partial charge in [-0.15, -0.1) is 0 Å². The van der Waals surface area contributed by atoms with Crippen molar-refractivity contribution in [3.05, 3.63) is 69.9 Å². The van der Waals surface area contributed by atoms with Gasteiger partial charge in [0, 0.05) is 66.3 Å². The van der Waals surface area contributed by atoms with Crippen LogP contribution in [-0.2, 0) is 7.05 Å². The van der Waals surface area contributed by atoms with Crippen LogP contribution in [0.3, 0.4) is 0 Å². The molecule has 1 aromatic carbocycles. The molecule has 0 radical (unpaired) electrons. The molecule has 9 nitrogen and oxygen atoms in total. The lowest BCUT2D eigenvalue weighted by atomic mass is 10.1. The maximum atomic E-state index is 12.6. The minimum atomic E-state index is -0.225. The molecule has 3 rings (SSSR count). The molecule has 32 heavy (non-hydrogen) atoms. The Morgan fingerprint density at radius 2 is 1.94 bits per heavy atom. The second-order valence-electron chi connectivity index (χ2n) is 7.25. The van der Waals surface area contributed by atoms with Crippen LogP contribution >= 0.6 is 0 Å². The Balaban J connectivity index is 0.00000363. The summed E-state index contributed by atoms with van der Waals surface area (Å²) in [6, 6.07) is 10.3. The number of nitrogens with one attached hydrogen (secondary N) is 1. The number of allylic oxidation sites excluding steroid dienone is 1. The zero-order valence-electron chi connectivity index (χ0n) is 18.6. The molecule has 3 aromatic rings. The number of pyridine rings is 2. The molecule has 0 aliphatic rings. The molecule has 170 valence electrons. The molecular weight excluding hydrogens is 408 g/mol. The van der Waals surface area contributed by atoms with E-state index in [9.17, 15) is 9.59 Å². The summed E-state index contributed by atoms with van der Waals surface area (Å²) >= 11 is 0. The molecule has 0 fully saturated rings. The van der Waals surface area contributed by atoms with Crippen LogP contribution in [0.1, 0.15) is 30.6 Å². The molecule has 0 aliphatic carbocycles. The number of nitrogens with two attached hydrogens (primary N) is 2. The van der Waals surface area contributed by atoms with Gasteiger partial charge in [-0.05, 0) is 38.1 Å². The quantitative estimate of drug-likeness (QED) is 0.440. The lowest BCUT2D eigenvalue weighted by Crippen LogP contribution is -2.26. The number of hydrogen-bond acceptors (Lipinski definition) is 7. The normalized spacial score (nSPS) is 11.5. The first kappa shape index (κ1) is 24.4. The number of nitrogens with zero attached hydrogens (tertiary/aromatic N) is 2. The van der Waals surface area contributed by atoms with E-state index in [1.807, 2.05) is 19.1 Å². The molecule has 0 bridgehead atoms. The maximum Gasteiger partial charge on any atom is 0.251 e. The second-order valence-corrected chi connectivity index (χ2v) is 7.25. The largest absolute Gasteiger partial charge is 0.493 e. The number of aromatic nitrogens is 2. The number of carbonyl (C=O) groups is 1. The number of ether oxygens (including phenoxy) is 1. The number of rotatable bonds is 7. The van der Waals surface area contributed by atoms with Crippen LogP contribution in [0, 0.1) is 0 Å². The van der Waals surface area contributed by atoms with Crippen LogP contribution < -0.4 is 33.2 Å². The first-order valence-corrected chi connectivity index (χ1v) is 10.0. The van der Waals surface area contributed by atoms with E-state index < -0.39 is 0 Å². The number of amides is 1. The van der Waals surface area contributed by atoms with Gasteiger partial charge in [0.25, 0.3) is 5.91 Å². The molecule has 2 heterocycles.